The number of hydrogen-bond acceptors (Lipinski definition) is 3. The van der Waals surface area contributed by atoms with E-state index in [1.54, 1.807) is 17.8 Å². The van der Waals surface area contributed by atoms with Crippen molar-refractivity contribution in [3.05, 3.63) is 36.7 Å². The molecular formula is C16H21N3O2. The molecular weight excluding hydrogens is 266 g/mol. The predicted octanol–water partition coefficient (Wildman–Crippen LogP) is 2.63. The number of benzene rings is 1. The standard InChI is InChI=1S/C16H21N3O2/c1-11(2)10-21-15-6-4-5-13(7-15)14-8-18-19(9-14)12(3)16(17)20/h4-9,11-12H,10H2,1-3H3,(H2,17,20). The van der Waals surface area contributed by atoms with Gasteiger partial charge < -0.3 is 10.5 Å². The van der Waals surface area contributed by atoms with E-state index in [4.69, 9.17) is 10.5 Å². The maximum absolute atomic E-state index is 11.2. The first-order valence-electron chi connectivity index (χ1n) is 7.04. The van der Waals surface area contributed by atoms with Crippen LogP contribution in [-0.2, 0) is 4.79 Å². The van der Waals surface area contributed by atoms with Crippen molar-refractivity contribution in [2.45, 2.75) is 26.8 Å². The molecule has 1 atom stereocenters. The molecule has 0 aliphatic heterocycles. The summed E-state index contributed by atoms with van der Waals surface area (Å²) in [6.07, 6.45) is 3.54. The third-order valence-electron chi connectivity index (χ3n) is 3.16. The molecule has 21 heavy (non-hydrogen) atoms. The van der Waals surface area contributed by atoms with Crippen molar-refractivity contribution in [2.24, 2.45) is 11.7 Å². The Morgan fingerprint density at radius 2 is 2.10 bits per heavy atom. The van der Waals surface area contributed by atoms with E-state index in [0.29, 0.717) is 12.5 Å². The first kappa shape index (κ1) is 15.1. The van der Waals surface area contributed by atoms with Crippen molar-refractivity contribution in [1.29, 1.82) is 0 Å². The molecule has 1 unspecified atom stereocenters. The lowest BCUT2D eigenvalue weighted by molar-refractivity contribution is -0.120. The summed E-state index contributed by atoms with van der Waals surface area (Å²) in [5, 5.41) is 4.19. The van der Waals surface area contributed by atoms with Crippen molar-refractivity contribution in [3.63, 3.8) is 0 Å². The fourth-order valence-electron chi connectivity index (χ4n) is 1.86. The number of rotatable bonds is 6. The van der Waals surface area contributed by atoms with E-state index in [1.807, 2.05) is 30.5 Å². The number of carbonyl (C=O) groups excluding carboxylic acids is 1. The molecule has 5 nitrogen and oxygen atoms in total. The molecule has 1 aromatic heterocycles. The van der Waals surface area contributed by atoms with E-state index < -0.39 is 11.9 Å². The lowest BCUT2D eigenvalue weighted by Gasteiger charge is -2.09. The van der Waals surface area contributed by atoms with Crippen LogP contribution in [0.1, 0.15) is 26.8 Å². The Morgan fingerprint density at radius 1 is 1.33 bits per heavy atom. The smallest absolute Gasteiger partial charge is 0.241 e. The Kier molecular flexibility index (Phi) is 4.62. The van der Waals surface area contributed by atoms with Crippen LogP contribution in [0, 0.1) is 5.92 Å². The van der Waals surface area contributed by atoms with Gasteiger partial charge in [-0.25, -0.2) is 0 Å². The minimum absolute atomic E-state index is 0.404. The average molecular weight is 287 g/mol. The second-order valence-electron chi connectivity index (χ2n) is 5.52. The van der Waals surface area contributed by atoms with E-state index in [-0.39, 0.29) is 0 Å². The van der Waals surface area contributed by atoms with Crippen LogP contribution in [0.25, 0.3) is 11.1 Å². The highest BCUT2D eigenvalue weighted by molar-refractivity contribution is 5.78. The summed E-state index contributed by atoms with van der Waals surface area (Å²) in [4.78, 5) is 11.2. The Bertz CT molecular complexity index is 619. The topological polar surface area (TPSA) is 70.1 Å². The van der Waals surface area contributed by atoms with Gasteiger partial charge in [0.25, 0.3) is 0 Å². The minimum atomic E-state index is -0.459. The Balaban J connectivity index is 2.18. The summed E-state index contributed by atoms with van der Waals surface area (Å²) in [6, 6.07) is 7.37. The monoisotopic (exact) mass is 287 g/mol. The highest BCUT2D eigenvalue weighted by Crippen LogP contribution is 2.24. The van der Waals surface area contributed by atoms with Gasteiger partial charge >= 0.3 is 0 Å². The van der Waals surface area contributed by atoms with Crippen LogP contribution in [0.4, 0.5) is 0 Å². The predicted molar refractivity (Wildman–Crippen MR) is 81.9 cm³/mol. The van der Waals surface area contributed by atoms with Gasteiger partial charge in [0, 0.05) is 11.8 Å². The van der Waals surface area contributed by atoms with Gasteiger partial charge in [-0.3, -0.25) is 9.48 Å². The second-order valence-corrected chi connectivity index (χ2v) is 5.52. The summed E-state index contributed by atoms with van der Waals surface area (Å²) in [5.74, 6) is 0.906. The van der Waals surface area contributed by atoms with Gasteiger partial charge in [-0.05, 0) is 30.5 Å². The molecule has 1 amide bonds. The fraction of sp³-hybridized carbons (Fsp3) is 0.375. The van der Waals surface area contributed by atoms with Crippen LogP contribution in [0.5, 0.6) is 5.75 Å². The van der Waals surface area contributed by atoms with Gasteiger partial charge in [0.1, 0.15) is 11.8 Å². The van der Waals surface area contributed by atoms with Crippen LogP contribution >= 0.6 is 0 Å². The highest BCUT2D eigenvalue weighted by atomic mass is 16.5. The molecule has 1 heterocycles. The van der Waals surface area contributed by atoms with Gasteiger partial charge in [-0.1, -0.05) is 26.0 Å². The number of nitrogens with two attached hydrogens (primary N) is 1. The van der Waals surface area contributed by atoms with Crippen LogP contribution in [0.15, 0.2) is 36.7 Å². The molecule has 2 aromatic rings. The number of hydrogen-bond donors (Lipinski definition) is 1. The van der Waals surface area contributed by atoms with E-state index >= 15 is 0 Å². The van der Waals surface area contributed by atoms with E-state index in [1.165, 1.54) is 0 Å². The lowest BCUT2D eigenvalue weighted by atomic mass is 10.1. The Morgan fingerprint density at radius 3 is 2.76 bits per heavy atom. The number of amides is 1. The summed E-state index contributed by atoms with van der Waals surface area (Å²) in [5.41, 5.74) is 7.22. The Labute approximate surface area is 124 Å². The fourth-order valence-corrected chi connectivity index (χ4v) is 1.86. The van der Waals surface area contributed by atoms with Crippen LogP contribution in [-0.4, -0.2) is 22.3 Å². The molecule has 112 valence electrons. The third-order valence-corrected chi connectivity index (χ3v) is 3.16. The minimum Gasteiger partial charge on any atom is -0.493 e. The second kappa shape index (κ2) is 6.43. The van der Waals surface area contributed by atoms with Gasteiger partial charge in [0.2, 0.25) is 5.91 Å². The average Bonchev–Trinajstić information content (AvgIpc) is 2.94. The summed E-state index contributed by atoms with van der Waals surface area (Å²) < 4.78 is 7.29. The van der Waals surface area contributed by atoms with Crippen molar-refractivity contribution < 1.29 is 9.53 Å². The molecule has 0 bridgehead atoms. The zero-order chi connectivity index (χ0) is 15.4. The van der Waals surface area contributed by atoms with Gasteiger partial charge in [-0.2, -0.15) is 5.10 Å². The summed E-state index contributed by atoms with van der Waals surface area (Å²) >= 11 is 0. The first-order chi connectivity index (χ1) is 9.97. The van der Waals surface area contributed by atoms with Crippen LogP contribution in [0.3, 0.4) is 0 Å². The Hall–Kier alpha value is -2.30. The number of carbonyl (C=O) groups is 1. The molecule has 0 fully saturated rings. The third kappa shape index (κ3) is 3.84. The van der Waals surface area contributed by atoms with Gasteiger partial charge in [0.15, 0.2) is 0 Å². The van der Waals surface area contributed by atoms with Crippen molar-refractivity contribution in [3.8, 4) is 16.9 Å². The SMILES string of the molecule is CC(C)COc1cccc(-c2cnn(C(C)C(N)=O)c2)c1. The van der Waals surface area contributed by atoms with E-state index in [9.17, 15) is 4.79 Å². The number of primary amides is 1. The number of aromatic nitrogens is 2. The normalized spacial score (nSPS) is 12.4. The van der Waals surface area contributed by atoms with Crippen LogP contribution < -0.4 is 10.5 Å². The lowest BCUT2D eigenvalue weighted by Crippen LogP contribution is -2.24. The zero-order valence-electron chi connectivity index (χ0n) is 12.6. The quantitative estimate of drug-likeness (QED) is 0.888. The van der Waals surface area contributed by atoms with Gasteiger partial charge in [-0.15, -0.1) is 0 Å². The molecule has 0 saturated carbocycles. The molecule has 2 rings (SSSR count). The van der Waals surface area contributed by atoms with Gasteiger partial charge in [0.05, 0.1) is 12.8 Å². The zero-order valence-corrected chi connectivity index (χ0v) is 12.6. The van der Waals surface area contributed by atoms with Crippen molar-refractivity contribution in [1.82, 2.24) is 9.78 Å². The van der Waals surface area contributed by atoms with E-state index in [0.717, 1.165) is 16.9 Å². The first-order valence-corrected chi connectivity index (χ1v) is 7.04. The molecule has 5 heteroatoms. The largest absolute Gasteiger partial charge is 0.493 e. The summed E-state index contributed by atoms with van der Waals surface area (Å²) in [7, 11) is 0. The van der Waals surface area contributed by atoms with Crippen LogP contribution in [0.2, 0.25) is 0 Å². The number of ether oxygens (including phenoxy) is 1. The summed E-state index contributed by atoms with van der Waals surface area (Å²) in [6.45, 7) is 6.63. The highest BCUT2D eigenvalue weighted by Gasteiger charge is 2.13. The molecule has 0 radical (unpaired) electrons. The molecule has 1 aromatic carbocycles. The van der Waals surface area contributed by atoms with Crippen molar-refractivity contribution in [2.75, 3.05) is 6.61 Å². The van der Waals surface area contributed by atoms with Crippen molar-refractivity contribution >= 4 is 5.91 Å². The molecule has 0 saturated heterocycles. The maximum atomic E-state index is 11.2. The maximum Gasteiger partial charge on any atom is 0.241 e. The molecule has 0 spiro atoms. The number of nitrogens with zero attached hydrogens (tertiary/aromatic N) is 2. The molecule has 2 N–H and O–H groups in total. The van der Waals surface area contributed by atoms with E-state index in [2.05, 4.69) is 18.9 Å². The molecule has 0 aliphatic rings. The molecule has 0 aliphatic carbocycles.